The van der Waals surface area contributed by atoms with Crippen molar-refractivity contribution in [3.8, 4) is 44.5 Å². The van der Waals surface area contributed by atoms with Crippen molar-refractivity contribution in [2.75, 3.05) is 10.6 Å². The summed E-state index contributed by atoms with van der Waals surface area (Å²) in [5, 5.41) is 3.22. The molecule has 1 aromatic heterocycles. The predicted octanol–water partition coefficient (Wildman–Crippen LogP) is 14.3. The molecule has 1 aliphatic carbocycles. The van der Waals surface area contributed by atoms with Gasteiger partial charge in [0.25, 0.3) is 0 Å². The van der Waals surface area contributed by atoms with Gasteiger partial charge in [-0.25, -0.2) is 0 Å². The van der Waals surface area contributed by atoms with Crippen LogP contribution in [0.1, 0.15) is 25.0 Å². The lowest BCUT2D eigenvalue weighted by Crippen LogP contribution is -2.14. The van der Waals surface area contributed by atoms with Crippen molar-refractivity contribution in [3.63, 3.8) is 0 Å². The van der Waals surface area contributed by atoms with Gasteiger partial charge < -0.3 is 15.2 Å². The molecule has 9 aromatic rings. The number of nitrogens with zero attached hydrogens (tertiary/aromatic N) is 2. The van der Waals surface area contributed by atoms with Gasteiger partial charge in [-0.2, -0.15) is 0 Å². The molecule has 0 fully saturated rings. The monoisotopic (exact) mass is 741 g/mol. The first-order chi connectivity index (χ1) is 27.3. The van der Waals surface area contributed by atoms with E-state index in [2.05, 4.69) is 140 Å². The average Bonchev–Trinajstić information content (AvgIpc) is 3.59. The summed E-state index contributed by atoms with van der Waals surface area (Å²) in [4.78, 5) is 2.24. The maximum atomic E-state index is 7.07. The third-order valence-corrected chi connectivity index (χ3v) is 12.1. The van der Waals surface area contributed by atoms with Gasteiger partial charge in [0, 0.05) is 45.4 Å². The van der Waals surface area contributed by atoms with E-state index in [9.17, 15) is 0 Å². The van der Waals surface area contributed by atoms with Gasteiger partial charge in [0.1, 0.15) is 0 Å². The molecule has 2 aliphatic rings. The summed E-state index contributed by atoms with van der Waals surface area (Å²) in [6.45, 7) is 4.70. The summed E-state index contributed by atoms with van der Waals surface area (Å²) in [5.74, 6) is 0. The third-order valence-electron chi connectivity index (χ3n) is 11.8. The smallest absolute Gasteiger partial charge is 0.0727 e. The zero-order valence-electron chi connectivity index (χ0n) is 31.6. The van der Waals surface area contributed by atoms with Crippen molar-refractivity contribution in [1.29, 1.82) is 0 Å². The molecule has 0 saturated heterocycles. The second-order valence-corrected chi connectivity index (χ2v) is 15.7. The number of rotatable bonds is 2. The lowest BCUT2D eigenvalue weighted by Gasteiger charge is -2.29. The zero-order chi connectivity index (χ0) is 38.1. The molecule has 0 bridgehead atoms. The van der Waals surface area contributed by atoms with Gasteiger partial charge in [0.15, 0.2) is 0 Å². The Balaban J connectivity index is 0.000000588. The summed E-state index contributed by atoms with van der Waals surface area (Å²) in [7, 11) is 2.19. The molecule has 0 amide bonds. The summed E-state index contributed by atoms with van der Waals surface area (Å²) >= 11 is 7.07. The molecule has 56 heavy (non-hydrogen) atoms. The zero-order valence-corrected chi connectivity index (χ0v) is 32.3. The van der Waals surface area contributed by atoms with Crippen molar-refractivity contribution in [3.05, 3.63) is 192 Å². The minimum Gasteiger partial charge on any atom is -0.397 e. The number of anilines is 4. The molecule has 2 heterocycles. The Morgan fingerprint density at radius 1 is 0.464 bits per heavy atom. The van der Waals surface area contributed by atoms with Gasteiger partial charge in [-0.15, -0.1) is 0 Å². The highest BCUT2D eigenvalue weighted by Gasteiger charge is 2.36. The van der Waals surface area contributed by atoms with Gasteiger partial charge in [-0.3, -0.25) is 0 Å². The lowest BCUT2D eigenvalue weighted by atomic mass is 9.82. The molecule has 1 aliphatic heterocycles. The van der Waals surface area contributed by atoms with Crippen molar-refractivity contribution in [1.82, 2.24) is 4.57 Å². The quantitative estimate of drug-likeness (QED) is 0.179. The number of para-hydroxylation sites is 3. The van der Waals surface area contributed by atoms with Crippen molar-refractivity contribution in [2.45, 2.75) is 19.3 Å². The van der Waals surface area contributed by atoms with Gasteiger partial charge >= 0.3 is 0 Å². The fraction of sp³-hybridized carbons (Fsp3) is 0.0769. The van der Waals surface area contributed by atoms with Gasteiger partial charge in [-0.1, -0.05) is 147 Å². The van der Waals surface area contributed by atoms with E-state index in [0.29, 0.717) is 10.7 Å². The van der Waals surface area contributed by atoms with Crippen LogP contribution in [0.25, 0.3) is 66.3 Å². The average molecular weight is 742 g/mol. The van der Waals surface area contributed by atoms with Crippen LogP contribution >= 0.6 is 11.6 Å². The fourth-order valence-electron chi connectivity index (χ4n) is 9.07. The van der Waals surface area contributed by atoms with E-state index < -0.39 is 0 Å². The summed E-state index contributed by atoms with van der Waals surface area (Å²) in [6.07, 6.45) is 0. The molecule has 270 valence electrons. The van der Waals surface area contributed by atoms with E-state index in [0.717, 1.165) is 44.9 Å². The first kappa shape index (κ1) is 34.0. The summed E-state index contributed by atoms with van der Waals surface area (Å²) < 4.78 is 2.35. The maximum Gasteiger partial charge on any atom is 0.0727 e. The Labute approximate surface area is 332 Å². The van der Waals surface area contributed by atoms with Crippen LogP contribution in [-0.2, 0) is 12.5 Å². The topological polar surface area (TPSA) is 34.2 Å². The second kappa shape index (κ2) is 13.0. The van der Waals surface area contributed by atoms with Crippen LogP contribution in [0.15, 0.2) is 176 Å². The molecule has 0 unspecified atom stereocenters. The molecule has 2 N–H and O–H groups in total. The van der Waals surface area contributed by atoms with Gasteiger partial charge in [-0.05, 0) is 99.1 Å². The highest BCUT2D eigenvalue weighted by molar-refractivity contribution is 6.35. The first-order valence-electron chi connectivity index (χ1n) is 19.1. The molecule has 0 radical (unpaired) electrons. The first-order valence-corrected chi connectivity index (χ1v) is 19.5. The van der Waals surface area contributed by atoms with Gasteiger partial charge in [0.2, 0.25) is 0 Å². The Morgan fingerprint density at radius 3 is 1.82 bits per heavy atom. The molecule has 8 aromatic carbocycles. The standard InChI is InChI=1S/C46H34ClN3.C6H6/c1-46(2)37-15-7-6-13-31(37)33-25-36-35-24-27(19-21-41(35)49(3)44(36)26-38(33)46)28-20-22-42-34(23-28)30-12-5-4-11-29(30)32-14-10-16-39(47)45(32)50(42)43-18-9-8-17-40(43)48;1-2-4-6-5-3-1/h4-26H,48H2,1-3H3;1-6H. The van der Waals surface area contributed by atoms with Crippen molar-refractivity contribution >= 4 is 56.2 Å². The maximum absolute atomic E-state index is 7.07. The van der Waals surface area contributed by atoms with Crippen LogP contribution in [0.4, 0.5) is 22.7 Å². The number of fused-ring (bicyclic) bond motifs is 11. The number of hydrogen-bond donors (Lipinski definition) is 1. The highest BCUT2D eigenvalue weighted by Crippen LogP contribution is 2.55. The fourth-order valence-corrected chi connectivity index (χ4v) is 9.33. The Bertz CT molecular complexity index is 2970. The number of benzene rings is 8. The Hall–Kier alpha value is -6.55. The normalized spacial score (nSPS) is 13.2. The minimum absolute atomic E-state index is 0.0396. The Morgan fingerprint density at radius 2 is 1.07 bits per heavy atom. The molecule has 4 heteroatoms. The van der Waals surface area contributed by atoms with Crippen LogP contribution in [-0.4, -0.2) is 4.57 Å². The minimum atomic E-state index is -0.0396. The number of halogens is 1. The largest absolute Gasteiger partial charge is 0.397 e. The molecule has 0 spiro atoms. The van der Waals surface area contributed by atoms with E-state index in [1.54, 1.807) is 0 Å². The SMILES string of the molecule is Cn1c2ccc(-c3ccc4c(c3)-c3ccccc3-c3cccc(Cl)c3N4c3ccccc3N)cc2c2cc3c(cc21)C(C)(C)c1ccccc1-3.c1ccccc1. The molecular weight excluding hydrogens is 702 g/mol. The molecule has 0 saturated carbocycles. The molecule has 11 rings (SSSR count). The number of aromatic nitrogens is 1. The van der Waals surface area contributed by atoms with Crippen LogP contribution in [0.5, 0.6) is 0 Å². The lowest BCUT2D eigenvalue weighted by molar-refractivity contribution is 0.661. The molecule has 0 atom stereocenters. The Kier molecular flexibility index (Phi) is 7.91. The van der Waals surface area contributed by atoms with Crippen molar-refractivity contribution < 1.29 is 0 Å². The van der Waals surface area contributed by atoms with E-state index in [1.807, 2.05) is 66.7 Å². The number of hydrogen-bond acceptors (Lipinski definition) is 2. The second-order valence-electron chi connectivity index (χ2n) is 15.3. The number of nitrogen functional groups attached to an aromatic ring is 1. The van der Waals surface area contributed by atoms with Crippen molar-refractivity contribution in [2.24, 2.45) is 7.05 Å². The van der Waals surface area contributed by atoms with Gasteiger partial charge in [0.05, 0.1) is 27.8 Å². The summed E-state index contributed by atoms with van der Waals surface area (Å²) in [5.41, 5.74) is 25.0. The molecule has 3 nitrogen and oxygen atoms in total. The van der Waals surface area contributed by atoms with E-state index >= 15 is 0 Å². The van der Waals surface area contributed by atoms with E-state index in [4.69, 9.17) is 17.3 Å². The third kappa shape index (κ3) is 5.19. The van der Waals surface area contributed by atoms with Crippen LogP contribution in [0.2, 0.25) is 5.02 Å². The highest BCUT2D eigenvalue weighted by atomic mass is 35.5. The predicted molar refractivity (Wildman–Crippen MR) is 238 cm³/mol. The number of aryl methyl sites for hydroxylation is 1. The van der Waals surface area contributed by atoms with Crippen LogP contribution in [0, 0.1) is 0 Å². The van der Waals surface area contributed by atoms with Crippen LogP contribution < -0.4 is 10.6 Å². The summed E-state index contributed by atoms with van der Waals surface area (Å²) in [6, 6.07) is 62.2. The molecular formula is C52H40ClN3. The van der Waals surface area contributed by atoms with Crippen LogP contribution in [0.3, 0.4) is 0 Å². The van der Waals surface area contributed by atoms with E-state index in [1.165, 1.54) is 49.6 Å². The number of nitrogens with two attached hydrogens (primary N) is 1. The van der Waals surface area contributed by atoms with E-state index in [-0.39, 0.29) is 5.41 Å².